The molecule has 0 aromatic heterocycles. The maximum atomic E-state index is 12.6. The zero-order valence-electron chi connectivity index (χ0n) is 8.63. The van der Waals surface area contributed by atoms with E-state index in [1.165, 1.54) is 28.5 Å². The van der Waals surface area contributed by atoms with Gasteiger partial charge in [0.25, 0.3) is 0 Å². The molecule has 1 aromatic carbocycles. The number of halogens is 2. The average Bonchev–Trinajstić information content (AvgIpc) is 2.27. The summed E-state index contributed by atoms with van der Waals surface area (Å²) in [7, 11) is 0. The van der Waals surface area contributed by atoms with Gasteiger partial charge in [0.1, 0.15) is 0 Å². The fourth-order valence-electron chi connectivity index (χ4n) is 0.869. The molecule has 0 fully saturated rings. The van der Waals surface area contributed by atoms with Crippen molar-refractivity contribution in [3.63, 3.8) is 0 Å². The molecule has 0 bridgehead atoms. The van der Waals surface area contributed by atoms with E-state index in [1.807, 2.05) is 6.92 Å². The van der Waals surface area contributed by atoms with Gasteiger partial charge < -0.3 is 9.47 Å². The summed E-state index contributed by atoms with van der Waals surface area (Å²) in [5, 5.41) is 0. The predicted molar refractivity (Wildman–Crippen MR) is 56.2 cm³/mol. The van der Waals surface area contributed by atoms with E-state index in [0.717, 1.165) is 0 Å². The molecule has 0 unspecified atom stereocenters. The first-order valence-corrected chi connectivity index (χ1v) is 11.4. The molecule has 0 saturated heterocycles. The van der Waals surface area contributed by atoms with Crippen molar-refractivity contribution < 1.29 is 30.2 Å². The van der Waals surface area contributed by atoms with Gasteiger partial charge in [0, 0.05) is 18.2 Å². The van der Waals surface area contributed by atoms with E-state index in [0.29, 0.717) is 25.6 Å². The van der Waals surface area contributed by atoms with E-state index >= 15 is 0 Å². The molecule has 0 spiro atoms. The zero-order chi connectivity index (χ0) is 11.5. The Kier molecular flexibility index (Phi) is 10.5. The van der Waals surface area contributed by atoms with E-state index in [9.17, 15) is 4.39 Å². The summed E-state index contributed by atoms with van der Waals surface area (Å²) in [6.07, 6.45) is 0. The first-order chi connectivity index (χ1) is 7.33. The number of benzene rings is 1. The van der Waals surface area contributed by atoms with Gasteiger partial charge in [-0.2, -0.15) is 6.07 Å². The van der Waals surface area contributed by atoms with Crippen LogP contribution in [0, 0.1) is 11.9 Å². The van der Waals surface area contributed by atoms with Crippen LogP contribution in [0.25, 0.3) is 0 Å². The van der Waals surface area contributed by atoms with Gasteiger partial charge in [-0.3, -0.25) is 4.39 Å². The van der Waals surface area contributed by atoms with Crippen LogP contribution in [0.15, 0.2) is 18.2 Å². The number of ether oxygens (including phenoxy) is 2. The van der Waals surface area contributed by atoms with Crippen molar-refractivity contribution >= 4 is 13.6 Å². The van der Waals surface area contributed by atoms with Crippen LogP contribution in [0.2, 0.25) is 0 Å². The van der Waals surface area contributed by atoms with Gasteiger partial charge in [-0.1, -0.05) is 6.07 Å². The van der Waals surface area contributed by atoms with E-state index in [-0.39, 0.29) is 5.82 Å². The molecule has 1 aromatic rings. The van der Waals surface area contributed by atoms with E-state index in [1.54, 1.807) is 6.07 Å². The third-order valence-electron chi connectivity index (χ3n) is 1.43. The van der Waals surface area contributed by atoms with Crippen LogP contribution < -0.4 is 4.74 Å². The number of hydrogen-bond acceptors (Lipinski definition) is 2. The van der Waals surface area contributed by atoms with Gasteiger partial charge in [0.2, 0.25) is 0 Å². The van der Waals surface area contributed by atoms with Gasteiger partial charge in [-0.15, -0.1) is 12.1 Å². The minimum absolute atomic E-state index is 0.339. The van der Waals surface area contributed by atoms with Crippen molar-refractivity contribution in [2.45, 2.75) is 6.92 Å². The third kappa shape index (κ3) is 7.89. The minimum atomic E-state index is -0.339. The Hall–Kier alpha value is 0.0134. The van der Waals surface area contributed by atoms with Gasteiger partial charge in [-0.05, 0) is 6.92 Å². The fourth-order valence-corrected chi connectivity index (χ4v) is 0.869. The molecule has 0 N–H and O–H groups in total. The standard InChI is InChI=1S/C10H12FO2.BrH.Zn/c1-2-12-6-7-13-10-5-3-4-9(11)8-10;;/h4-5,8H,2,6-7H2,1H3;1H;/q-1;;+2/p-1. The van der Waals surface area contributed by atoms with Crippen LogP contribution in [0.5, 0.6) is 5.75 Å². The second kappa shape index (κ2) is 10.5. The quantitative estimate of drug-likeness (QED) is 0.470. The summed E-state index contributed by atoms with van der Waals surface area (Å²) in [5.74, 6) is 0.147. The zero-order valence-corrected chi connectivity index (χ0v) is 13.2. The summed E-state index contributed by atoms with van der Waals surface area (Å²) in [4.78, 5) is 0. The molecule has 0 aliphatic rings. The van der Waals surface area contributed by atoms with Crippen molar-refractivity contribution in [2.24, 2.45) is 0 Å². The van der Waals surface area contributed by atoms with Gasteiger partial charge >= 0.3 is 30.0 Å². The summed E-state index contributed by atoms with van der Waals surface area (Å²) >= 11 is 4.25. The average molecular weight is 328 g/mol. The Morgan fingerprint density at radius 3 is 2.73 bits per heavy atom. The fraction of sp³-hybridized carbons (Fsp3) is 0.400. The molecule has 15 heavy (non-hydrogen) atoms. The first kappa shape index (κ1) is 15.0. The molecule has 0 heterocycles. The Balaban J connectivity index is 0.000000921. The monoisotopic (exact) mass is 326 g/mol. The Bertz CT molecular complexity index is 261. The second-order valence-corrected chi connectivity index (χ2v) is 2.43. The Labute approximate surface area is 106 Å². The van der Waals surface area contributed by atoms with Crippen molar-refractivity contribution in [2.75, 3.05) is 19.8 Å². The van der Waals surface area contributed by atoms with Crippen LogP contribution in [-0.2, 0) is 21.1 Å². The second-order valence-electron chi connectivity index (χ2n) is 2.43. The van der Waals surface area contributed by atoms with Crippen molar-refractivity contribution in [3.05, 3.63) is 30.1 Å². The van der Waals surface area contributed by atoms with E-state index in [2.05, 4.69) is 19.7 Å². The molecule has 0 saturated carbocycles. The molecule has 1 rings (SSSR count). The van der Waals surface area contributed by atoms with Crippen LogP contribution >= 0.6 is 13.6 Å². The Morgan fingerprint density at radius 1 is 1.40 bits per heavy atom. The van der Waals surface area contributed by atoms with Crippen LogP contribution in [-0.4, -0.2) is 19.8 Å². The molecule has 0 radical (unpaired) electrons. The van der Waals surface area contributed by atoms with Gasteiger partial charge in [-0.25, -0.2) is 0 Å². The molecule has 80 valence electrons. The molecular weight excluding hydrogens is 316 g/mol. The van der Waals surface area contributed by atoms with Crippen LogP contribution in [0.3, 0.4) is 0 Å². The molecule has 0 atom stereocenters. The SMILES string of the molecule is CCOCCOc1c[c-]cc(F)c1.[Zn+][Br]. The van der Waals surface area contributed by atoms with Gasteiger partial charge in [0.15, 0.2) is 0 Å². The predicted octanol–water partition coefficient (Wildman–Crippen LogP) is 2.88. The summed E-state index contributed by atoms with van der Waals surface area (Å²) in [6, 6.07) is 6.80. The topological polar surface area (TPSA) is 18.5 Å². The van der Waals surface area contributed by atoms with E-state index < -0.39 is 0 Å². The van der Waals surface area contributed by atoms with Gasteiger partial charge in [0.05, 0.1) is 13.2 Å². The van der Waals surface area contributed by atoms with Crippen LogP contribution in [0.4, 0.5) is 4.39 Å². The molecule has 0 aliphatic heterocycles. The number of rotatable bonds is 5. The van der Waals surface area contributed by atoms with Crippen molar-refractivity contribution in [1.82, 2.24) is 0 Å². The number of hydrogen-bond donors (Lipinski definition) is 0. The summed E-state index contributed by atoms with van der Waals surface area (Å²) in [5.41, 5.74) is 0. The van der Waals surface area contributed by atoms with Crippen LogP contribution in [0.1, 0.15) is 6.92 Å². The van der Waals surface area contributed by atoms with E-state index in [4.69, 9.17) is 9.47 Å². The summed E-state index contributed by atoms with van der Waals surface area (Å²) < 4.78 is 22.8. The molecular formula is C10H12BrFO2Zn. The normalized spacial score (nSPS) is 9.13. The molecule has 2 nitrogen and oxygen atoms in total. The third-order valence-corrected chi connectivity index (χ3v) is 1.43. The van der Waals surface area contributed by atoms with Crippen molar-refractivity contribution in [3.8, 4) is 5.75 Å². The maximum absolute atomic E-state index is 12.6. The first-order valence-electron chi connectivity index (χ1n) is 4.47. The summed E-state index contributed by atoms with van der Waals surface area (Å²) in [6.45, 7) is 3.53. The Morgan fingerprint density at radius 2 is 2.13 bits per heavy atom. The molecule has 0 aliphatic carbocycles. The molecule has 0 amide bonds. The molecule has 5 heteroatoms. The van der Waals surface area contributed by atoms with Crippen molar-refractivity contribution in [1.29, 1.82) is 0 Å².